The van der Waals surface area contributed by atoms with E-state index in [0.717, 1.165) is 0 Å². The van der Waals surface area contributed by atoms with Gasteiger partial charge in [0.15, 0.2) is 0 Å². The Morgan fingerprint density at radius 1 is 1.56 bits per heavy atom. The second-order valence-corrected chi connectivity index (χ2v) is 4.57. The summed E-state index contributed by atoms with van der Waals surface area (Å²) in [4.78, 5) is 15.7. The number of aliphatic hydroxyl groups excluding tert-OH is 1. The lowest BCUT2D eigenvalue weighted by molar-refractivity contribution is 0.0895. The van der Waals surface area contributed by atoms with E-state index < -0.39 is 6.10 Å². The predicted octanol–water partition coefficient (Wildman–Crippen LogP) is 1.23. The zero-order valence-electron chi connectivity index (χ0n) is 11.0. The fourth-order valence-electron chi connectivity index (χ4n) is 1.59. The summed E-state index contributed by atoms with van der Waals surface area (Å²) in [6.45, 7) is 4.28. The maximum absolute atomic E-state index is 11.8. The molecule has 0 radical (unpaired) electrons. The van der Waals surface area contributed by atoms with E-state index >= 15 is 0 Å². The SMILES string of the molecule is COc1ccnc(C(=O)NCC(O)CC(C)C)c1. The summed E-state index contributed by atoms with van der Waals surface area (Å²) >= 11 is 0. The summed E-state index contributed by atoms with van der Waals surface area (Å²) in [7, 11) is 1.53. The molecule has 1 rings (SSSR count). The molecule has 0 aliphatic heterocycles. The highest BCUT2D eigenvalue weighted by Crippen LogP contribution is 2.10. The summed E-state index contributed by atoms with van der Waals surface area (Å²) in [6.07, 6.45) is 1.64. The van der Waals surface area contributed by atoms with Crippen LogP contribution in [0.25, 0.3) is 0 Å². The molecule has 0 saturated carbocycles. The number of methoxy groups -OCH3 is 1. The van der Waals surface area contributed by atoms with E-state index in [9.17, 15) is 9.90 Å². The highest BCUT2D eigenvalue weighted by atomic mass is 16.5. The van der Waals surface area contributed by atoms with Gasteiger partial charge >= 0.3 is 0 Å². The van der Waals surface area contributed by atoms with Gasteiger partial charge in [-0.25, -0.2) is 0 Å². The molecule has 0 aliphatic carbocycles. The first-order chi connectivity index (χ1) is 8.52. The van der Waals surface area contributed by atoms with Gasteiger partial charge in [-0.1, -0.05) is 13.8 Å². The molecule has 5 heteroatoms. The first-order valence-electron chi connectivity index (χ1n) is 5.99. The van der Waals surface area contributed by atoms with Crippen LogP contribution in [0, 0.1) is 5.92 Å². The smallest absolute Gasteiger partial charge is 0.270 e. The topological polar surface area (TPSA) is 71.5 Å². The Morgan fingerprint density at radius 3 is 2.89 bits per heavy atom. The standard InChI is InChI=1S/C13H20N2O3/c1-9(2)6-10(16)8-15-13(17)12-7-11(18-3)4-5-14-12/h4-5,7,9-10,16H,6,8H2,1-3H3,(H,15,17). The number of ether oxygens (including phenoxy) is 1. The van der Waals surface area contributed by atoms with Crippen LogP contribution in [0.4, 0.5) is 0 Å². The zero-order valence-corrected chi connectivity index (χ0v) is 11.0. The van der Waals surface area contributed by atoms with Crippen molar-refractivity contribution in [2.45, 2.75) is 26.4 Å². The van der Waals surface area contributed by atoms with Gasteiger partial charge in [-0.15, -0.1) is 0 Å². The number of rotatable bonds is 6. The second-order valence-electron chi connectivity index (χ2n) is 4.57. The quantitative estimate of drug-likeness (QED) is 0.798. The third kappa shape index (κ3) is 4.71. The first-order valence-corrected chi connectivity index (χ1v) is 5.99. The Bertz CT molecular complexity index is 394. The fourth-order valence-corrected chi connectivity index (χ4v) is 1.59. The molecule has 0 fully saturated rings. The lowest BCUT2D eigenvalue weighted by atomic mass is 10.1. The average Bonchev–Trinajstić information content (AvgIpc) is 2.35. The van der Waals surface area contributed by atoms with E-state index in [4.69, 9.17) is 4.74 Å². The molecule has 1 amide bonds. The van der Waals surface area contributed by atoms with Gasteiger partial charge in [-0.05, 0) is 18.4 Å². The molecule has 1 unspecified atom stereocenters. The van der Waals surface area contributed by atoms with Gasteiger partial charge in [-0.2, -0.15) is 0 Å². The van der Waals surface area contributed by atoms with Crippen molar-refractivity contribution in [3.05, 3.63) is 24.0 Å². The Labute approximate surface area is 107 Å². The number of nitrogens with one attached hydrogen (secondary N) is 1. The third-order valence-corrected chi connectivity index (χ3v) is 2.44. The normalized spacial score (nSPS) is 12.3. The highest BCUT2D eigenvalue weighted by molar-refractivity contribution is 5.92. The number of aromatic nitrogens is 1. The Morgan fingerprint density at radius 2 is 2.28 bits per heavy atom. The minimum absolute atomic E-state index is 0.232. The van der Waals surface area contributed by atoms with Crippen LogP contribution in [-0.4, -0.2) is 35.8 Å². The number of hydrogen-bond acceptors (Lipinski definition) is 4. The predicted molar refractivity (Wildman–Crippen MR) is 68.6 cm³/mol. The van der Waals surface area contributed by atoms with Gasteiger partial charge in [0.05, 0.1) is 13.2 Å². The third-order valence-electron chi connectivity index (χ3n) is 2.44. The van der Waals surface area contributed by atoms with Crippen LogP contribution >= 0.6 is 0 Å². The number of amides is 1. The van der Waals surface area contributed by atoms with Crippen molar-refractivity contribution in [3.63, 3.8) is 0 Å². The average molecular weight is 252 g/mol. The van der Waals surface area contributed by atoms with Gasteiger partial charge in [-0.3, -0.25) is 9.78 Å². The molecule has 5 nitrogen and oxygen atoms in total. The fraction of sp³-hybridized carbons (Fsp3) is 0.538. The molecule has 18 heavy (non-hydrogen) atoms. The summed E-state index contributed by atoms with van der Waals surface area (Å²) in [6, 6.07) is 3.23. The van der Waals surface area contributed by atoms with Crippen molar-refractivity contribution >= 4 is 5.91 Å². The minimum Gasteiger partial charge on any atom is -0.497 e. The van der Waals surface area contributed by atoms with E-state index in [2.05, 4.69) is 10.3 Å². The lowest BCUT2D eigenvalue weighted by Crippen LogP contribution is -2.33. The van der Waals surface area contributed by atoms with Crippen LogP contribution in [0.3, 0.4) is 0 Å². The Hall–Kier alpha value is -1.62. The van der Waals surface area contributed by atoms with Crippen LogP contribution in [0.1, 0.15) is 30.8 Å². The summed E-state index contributed by atoms with van der Waals surface area (Å²) < 4.78 is 5.01. The number of nitrogens with zero attached hydrogens (tertiary/aromatic N) is 1. The molecule has 2 N–H and O–H groups in total. The van der Waals surface area contributed by atoms with E-state index in [0.29, 0.717) is 18.1 Å². The lowest BCUT2D eigenvalue weighted by Gasteiger charge is -2.13. The molecular weight excluding hydrogens is 232 g/mol. The van der Waals surface area contributed by atoms with Gasteiger partial charge in [0.2, 0.25) is 0 Å². The second kappa shape index (κ2) is 6.96. The Kier molecular flexibility index (Phi) is 5.58. The van der Waals surface area contributed by atoms with Crippen molar-refractivity contribution < 1.29 is 14.6 Å². The molecule has 0 bridgehead atoms. The number of pyridine rings is 1. The minimum atomic E-state index is -0.528. The van der Waals surface area contributed by atoms with Gasteiger partial charge in [0, 0.05) is 18.8 Å². The first kappa shape index (κ1) is 14.4. The monoisotopic (exact) mass is 252 g/mol. The molecule has 1 atom stereocenters. The maximum Gasteiger partial charge on any atom is 0.270 e. The van der Waals surface area contributed by atoms with Crippen molar-refractivity contribution in [2.75, 3.05) is 13.7 Å². The van der Waals surface area contributed by atoms with Gasteiger partial charge in [0.25, 0.3) is 5.91 Å². The van der Waals surface area contributed by atoms with Gasteiger partial charge in [0.1, 0.15) is 11.4 Å². The van der Waals surface area contributed by atoms with Crippen molar-refractivity contribution in [1.29, 1.82) is 0 Å². The molecule has 1 aromatic rings. The molecule has 0 saturated heterocycles. The molecule has 1 heterocycles. The van der Waals surface area contributed by atoms with Crippen LogP contribution < -0.4 is 10.1 Å². The number of hydrogen-bond donors (Lipinski definition) is 2. The number of aliphatic hydroxyl groups is 1. The molecule has 1 aromatic heterocycles. The van der Waals surface area contributed by atoms with Crippen molar-refractivity contribution in [2.24, 2.45) is 5.92 Å². The maximum atomic E-state index is 11.8. The molecular formula is C13H20N2O3. The van der Waals surface area contributed by atoms with Crippen LogP contribution in [-0.2, 0) is 0 Å². The van der Waals surface area contributed by atoms with Crippen LogP contribution in [0.2, 0.25) is 0 Å². The molecule has 0 aliphatic rings. The number of carbonyl (C=O) groups is 1. The van der Waals surface area contributed by atoms with Crippen molar-refractivity contribution in [3.8, 4) is 5.75 Å². The summed E-state index contributed by atoms with van der Waals surface area (Å²) in [5.41, 5.74) is 0.283. The van der Waals surface area contributed by atoms with Crippen LogP contribution in [0.5, 0.6) is 5.75 Å². The number of carbonyl (C=O) groups excluding carboxylic acids is 1. The van der Waals surface area contributed by atoms with E-state index in [1.807, 2.05) is 13.8 Å². The summed E-state index contributed by atoms with van der Waals surface area (Å²) in [5, 5.41) is 12.3. The molecule has 100 valence electrons. The Balaban J connectivity index is 2.49. The largest absolute Gasteiger partial charge is 0.497 e. The van der Waals surface area contributed by atoms with Crippen molar-refractivity contribution in [1.82, 2.24) is 10.3 Å². The van der Waals surface area contributed by atoms with E-state index in [-0.39, 0.29) is 18.1 Å². The van der Waals surface area contributed by atoms with Crippen LogP contribution in [0.15, 0.2) is 18.3 Å². The highest BCUT2D eigenvalue weighted by Gasteiger charge is 2.11. The van der Waals surface area contributed by atoms with E-state index in [1.165, 1.54) is 13.3 Å². The molecule has 0 spiro atoms. The zero-order chi connectivity index (χ0) is 13.5. The van der Waals surface area contributed by atoms with E-state index in [1.54, 1.807) is 12.1 Å². The van der Waals surface area contributed by atoms with Gasteiger partial charge < -0.3 is 15.2 Å². The molecule has 0 aromatic carbocycles. The summed E-state index contributed by atoms with van der Waals surface area (Å²) in [5.74, 6) is 0.668.